The number of rotatable bonds is 6. The molecule has 1 saturated heterocycles. The van der Waals surface area contributed by atoms with Crippen molar-refractivity contribution in [3.8, 4) is 5.88 Å². The number of nitrogens with one attached hydrogen (secondary N) is 1. The van der Waals surface area contributed by atoms with Crippen molar-refractivity contribution in [3.63, 3.8) is 0 Å². The van der Waals surface area contributed by atoms with E-state index < -0.39 is 15.9 Å². The summed E-state index contributed by atoms with van der Waals surface area (Å²) >= 11 is 6.19. The molecular weight excluding hydrogens is 430 g/mol. The number of carbonyl (C=O) groups excluding carboxylic acids is 1. The third-order valence-corrected chi connectivity index (χ3v) is 6.97. The van der Waals surface area contributed by atoms with Gasteiger partial charge in [0.15, 0.2) is 0 Å². The summed E-state index contributed by atoms with van der Waals surface area (Å²) in [6, 6.07) is 7.69. The lowest BCUT2D eigenvalue weighted by Crippen LogP contribution is -2.48. The molecule has 1 amide bonds. The summed E-state index contributed by atoms with van der Waals surface area (Å²) in [4.78, 5) is 16.5. The van der Waals surface area contributed by atoms with Gasteiger partial charge in [-0.3, -0.25) is 4.79 Å². The first-order chi connectivity index (χ1) is 14.2. The van der Waals surface area contributed by atoms with Crippen molar-refractivity contribution in [3.05, 3.63) is 52.7 Å². The van der Waals surface area contributed by atoms with Gasteiger partial charge in [0.25, 0.3) is 5.91 Å². The highest BCUT2D eigenvalue weighted by Crippen LogP contribution is 2.28. The van der Waals surface area contributed by atoms with Gasteiger partial charge >= 0.3 is 0 Å². The van der Waals surface area contributed by atoms with Gasteiger partial charge in [-0.25, -0.2) is 13.4 Å². The van der Waals surface area contributed by atoms with Crippen LogP contribution in [0.1, 0.15) is 29.8 Å². The maximum Gasteiger partial charge on any atom is 0.251 e. The predicted molar refractivity (Wildman–Crippen MR) is 112 cm³/mol. The van der Waals surface area contributed by atoms with E-state index in [1.165, 1.54) is 29.6 Å². The number of benzene rings is 1. The SMILES string of the molecule is COc1cc(CNC(=O)c2ccc(Cl)c(S(=O)(=O)N3CC(C)OC(C)C3)c2)ccn1. The van der Waals surface area contributed by atoms with Gasteiger partial charge in [0.1, 0.15) is 4.90 Å². The van der Waals surface area contributed by atoms with Crippen LogP contribution in [0.3, 0.4) is 0 Å². The summed E-state index contributed by atoms with van der Waals surface area (Å²) in [5.41, 5.74) is 1.00. The molecule has 0 bridgehead atoms. The number of amides is 1. The van der Waals surface area contributed by atoms with E-state index in [9.17, 15) is 13.2 Å². The highest BCUT2D eigenvalue weighted by Gasteiger charge is 2.33. The number of methoxy groups -OCH3 is 1. The molecule has 1 fully saturated rings. The Labute approximate surface area is 181 Å². The molecule has 1 aliphatic heterocycles. The Bertz CT molecular complexity index is 1020. The van der Waals surface area contributed by atoms with Crippen LogP contribution in [0.15, 0.2) is 41.4 Å². The largest absolute Gasteiger partial charge is 0.481 e. The lowest BCUT2D eigenvalue weighted by Gasteiger charge is -2.34. The van der Waals surface area contributed by atoms with E-state index in [0.29, 0.717) is 5.88 Å². The standard InChI is InChI=1S/C20H24ClN3O5S/c1-13-11-24(12-14(2)29-13)30(26,27)18-9-16(4-5-17(18)21)20(25)23-10-15-6-7-22-19(8-15)28-3/h4-9,13-14H,10-12H2,1-3H3,(H,23,25). The molecule has 2 atom stereocenters. The number of aromatic nitrogens is 1. The highest BCUT2D eigenvalue weighted by atomic mass is 35.5. The van der Waals surface area contributed by atoms with Gasteiger partial charge in [-0.1, -0.05) is 11.6 Å². The molecule has 3 rings (SSSR count). The number of morpholine rings is 1. The van der Waals surface area contributed by atoms with Gasteiger partial charge < -0.3 is 14.8 Å². The number of hydrogen-bond donors (Lipinski definition) is 1. The summed E-state index contributed by atoms with van der Waals surface area (Å²) in [6.07, 6.45) is 1.12. The first-order valence-corrected chi connectivity index (χ1v) is 11.2. The average molecular weight is 454 g/mol. The van der Waals surface area contributed by atoms with Crippen LogP contribution in [-0.2, 0) is 21.3 Å². The molecule has 0 aliphatic carbocycles. The Morgan fingerprint density at radius 1 is 1.27 bits per heavy atom. The van der Waals surface area contributed by atoms with Crippen LogP contribution >= 0.6 is 11.6 Å². The second-order valence-corrected chi connectivity index (χ2v) is 9.43. The molecule has 2 aromatic rings. The van der Waals surface area contributed by atoms with Crippen molar-refractivity contribution in [1.29, 1.82) is 0 Å². The highest BCUT2D eigenvalue weighted by molar-refractivity contribution is 7.89. The number of pyridine rings is 1. The van der Waals surface area contributed by atoms with Crippen LogP contribution in [-0.4, -0.2) is 56.0 Å². The molecule has 1 aliphatic rings. The molecule has 2 heterocycles. The van der Waals surface area contributed by atoms with E-state index in [1.54, 1.807) is 18.3 Å². The lowest BCUT2D eigenvalue weighted by molar-refractivity contribution is -0.0440. The molecule has 1 aromatic carbocycles. The number of ether oxygens (including phenoxy) is 2. The first kappa shape index (κ1) is 22.5. The van der Waals surface area contributed by atoms with Crippen LogP contribution in [0.2, 0.25) is 5.02 Å². The third kappa shape index (κ3) is 5.10. The van der Waals surface area contributed by atoms with Crippen molar-refractivity contribution in [2.24, 2.45) is 0 Å². The van der Waals surface area contributed by atoms with E-state index in [-0.39, 0.29) is 47.3 Å². The molecule has 0 spiro atoms. The van der Waals surface area contributed by atoms with E-state index in [0.717, 1.165) is 5.56 Å². The van der Waals surface area contributed by atoms with E-state index >= 15 is 0 Å². The molecule has 0 radical (unpaired) electrons. The zero-order valence-corrected chi connectivity index (χ0v) is 18.5. The first-order valence-electron chi connectivity index (χ1n) is 9.43. The van der Waals surface area contributed by atoms with E-state index in [4.69, 9.17) is 21.1 Å². The minimum atomic E-state index is -3.87. The normalized spacial score (nSPS) is 20.0. The fraction of sp³-hybridized carbons (Fsp3) is 0.400. The maximum atomic E-state index is 13.2. The quantitative estimate of drug-likeness (QED) is 0.721. The van der Waals surface area contributed by atoms with Gasteiger partial charge in [0.2, 0.25) is 15.9 Å². The number of halogens is 1. The minimum absolute atomic E-state index is 0.0669. The molecular formula is C20H24ClN3O5S. The topological polar surface area (TPSA) is 97.8 Å². The van der Waals surface area contributed by atoms with Crippen LogP contribution in [0.4, 0.5) is 0 Å². The molecule has 0 saturated carbocycles. The van der Waals surface area contributed by atoms with Crippen molar-refractivity contribution < 1.29 is 22.7 Å². The van der Waals surface area contributed by atoms with Gasteiger partial charge in [-0.15, -0.1) is 0 Å². The fourth-order valence-corrected chi connectivity index (χ4v) is 5.36. The summed E-state index contributed by atoms with van der Waals surface area (Å²) in [7, 11) is -2.36. The maximum absolute atomic E-state index is 13.2. The number of nitrogens with zero attached hydrogens (tertiary/aromatic N) is 2. The second kappa shape index (κ2) is 9.30. The van der Waals surface area contributed by atoms with Crippen LogP contribution in [0.25, 0.3) is 0 Å². The zero-order valence-electron chi connectivity index (χ0n) is 17.0. The Morgan fingerprint density at radius 3 is 2.63 bits per heavy atom. The summed E-state index contributed by atoms with van der Waals surface area (Å²) in [6.45, 7) is 4.32. The monoisotopic (exact) mass is 453 g/mol. The number of carbonyl (C=O) groups is 1. The minimum Gasteiger partial charge on any atom is -0.481 e. The van der Waals surface area contributed by atoms with Crippen molar-refractivity contribution >= 4 is 27.5 Å². The molecule has 2 unspecified atom stereocenters. The predicted octanol–water partition coefficient (Wildman–Crippen LogP) is 2.47. The van der Waals surface area contributed by atoms with Gasteiger partial charge in [-0.2, -0.15) is 4.31 Å². The fourth-order valence-electron chi connectivity index (χ4n) is 3.26. The molecule has 1 N–H and O–H groups in total. The molecule has 30 heavy (non-hydrogen) atoms. The van der Waals surface area contributed by atoms with Crippen molar-refractivity contribution in [2.45, 2.75) is 37.5 Å². The van der Waals surface area contributed by atoms with Crippen molar-refractivity contribution in [1.82, 2.24) is 14.6 Å². The van der Waals surface area contributed by atoms with Crippen molar-refractivity contribution in [2.75, 3.05) is 20.2 Å². The lowest BCUT2D eigenvalue weighted by atomic mass is 10.2. The average Bonchev–Trinajstić information content (AvgIpc) is 2.71. The van der Waals surface area contributed by atoms with E-state index in [2.05, 4.69) is 10.3 Å². The zero-order chi connectivity index (χ0) is 21.9. The summed E-state index contributed by atoms with van der Waals surface area (Å²) < 4.78 is 38.3. The third-order valence-electron chi connectivity index (χ3n) is 4.66. The van der Waals surface area contributed by atoms with Gasteiger partial charge in [0.05, 0.1) is 24.3 Å². The molecule has 10 heteroatoms. The number of sulfonamides is 1. The van der Waals surface area contributed by atoms with Crippen LogP contribution in [0, 0.1) is 0 Å². The molecule has 8 nitrogen and oxygen atoms in total. The Hall–Kier alpha value is -2.20. The molecule has 1 aromatic heterocycles. The van der Waals surface area contributed by atoms with Gasteiger partial charge in [-0.05, 0) is 43.7 Å². The van der Waals surface area contributed by atoms with E-state index in [1.807, 2.05) is 13.8 Å². The van der Waals surface area contributed by atoms with Crippen LogP contribution in [0.5, 0.6) is 5.88 Å². The van der Waals surface area contributed by atoms with Gasteiger partial charge in [0, 0.05) is 37.5 Å². The Balaban J connectivity index is 1.79. The Kier molecular flexibility index (Phi) is 6.97. The summed E-state index contributed by atoms with van der Waals surface area (Å²) in [5.74, 6) is 0.0261. The summed E-state index contributed by atoms with van der Waals surface area (Å²) in [5, 5.41) is 2.83. The van der Waals surface area contributed by atoms with Crippen LogP contribution < -0.4 is 10.1 Å². The smallest absolute Gasteiger partial charge is 0.251 e. The molecule has 162 valence electrons. The Morgan fingerprint density at radius 2 is 1.97 bits per heavy atom. The second-order valence-electron chi connectivity index (χ2n) is 7.11. The number of hydrogen-bond acceptors (Lipinski definition) is 6.